The molecule has 6 nitrogen and oxygen atoms in total. The maximum atomic E-state index is 14.1. The first kappa shape index (κ1) is 24.4. The number of carbonyl (C=O) groups excluding carboxylic acids is 2. The Morgan fingerprint density at radius 2 is 1.74 bits per heavy atom. The molecule has 1 saturated carbocycles. The van der Waals surface area contributed by atoms with Crippen molar-refractivity contribution in [3.8, 4) is 5.69 Å². The van der Waals surface area contributed by atoms with Crippen molar-refractivity contribution in [3.63, 3.8) is 0 Å². The fourth-order valence-electron chi connectivity index (χ4n) is 4.24. The van der Waals surface area contributed by atoms with Crippen LogP contribution in [0.3, 0.4) is 0 Å². The Kier molecular flexibility index (Phi) is 6.90. The first-order chi connectivity index (χ1) is 16.6. The maximum absolute atomic E-state index is 14.1. The third-order valence-corrected chi connectivity index (χ3v) is 6.04. The van der Waals surface area contributed by atoms with E-state index in [1.165, 1.54) is 24.3 Å². The van der Waals surface area contributed by atoms with Gasteiger partial charge in [-0.2, -0.15) is 18.3 Å². The number of amides is 2. The number of nitrogens with one attached hydrogen (secondary N) is 2. The summed E-state index contributed by atoms with van der Waals surface area (Å²) in [6, 6.07) is 9.53. The van der Waals surface area contributed by atoms with Gasteiger partial charge in [0, 0.05) is 17.3 Å². The highest BCUT2D eigenvalue weighted by molar-refractivity contribution is 6.06. The zero-order valence-corrected chi connectivity index (χ0v) is 19.0. The van der Waals surface area contributed by atoms with Crippen LogP contribution in [0.25, 0.3) is 5.69 Å². The Hall–Kier alpha value is -3.69. The van der Waals surface area contributed by atoms with Crippen LogP contribution >= 0.6 is 0 Å². The van der Waals surface area contributed by atoms with Crippen molar-refractivity contribution in [2.24, 2.45) is 0 Å². The Morgan fingerprint density at radius 1 is 1.03 bits per heavy atom. The molecule has 1 fully saturated rings. The van der Waals surface area contributed by atoms with Gasteiger partial charge in [0.1, 0.15) is 11.5 Å². The molecule has 184 valence electrons. The summed E-state index contributed by atoms with van der Waals surface area (Å²) in [5, 5.41) is 9.09. The molecule has 0 radical (unpaired) electrons. The van der Waals surface area contributed by atoms with Crippen LogP contribution < -0.4 is 10.6 Å². The second kappa shape index (κ2) is 9.89. The van der Waals surface area contributed by atoms with Crippen LogP contribution in [0.4, 0.5) is 23.2 Å². The lowest BCUT2D eigenvalue weighted by molar-refractivity contribution is -0.143. The molecule has 35 heavy (non-hydrogen) atoms. The fraction of sp³-hybridized carbons (Fsp3) is 0.320. The number of aryl methyl sites for hydroxylation is 1. The smallest absolute Gasteiger partial charge is 0.349 e. The van der Waals surface area contributed by atoms with E-state index in [1.54, 1.807) is 13.0 Å². The first-order valence-electron chi connectivity index (χ1n) is 11.3. The van der Waals surface area contributed by atoms with Gasteiger partial charge < -0.3 is 10.6 Å². The number of para-hydroxylation sites is 1. The number of alkyl halides is 3. The van der Waals surface area contributed by atoms with E-state index < -0.39 is 34.8 Å². The van der Waals surface area contributed by atoms with Crippen LogP contribution in [0, 0.1) is 12.7 Å². The highest BCUT2D eigenvalue weighted by atomic mass is 19.4. The van der Waals surface area contributed by atoms with Crippen molar-refractivity contribution < 1.29 is 27.2 Å². The zero-order valence-electron chi connectivity index (χ0n) is 19.0. The van der Waals surface area contributed by atoms with Crippen molar-refractivity contribution in [1.29, 1.82) is 0 Å². The van der Waals surface area contributed by atoms with E-state index in [2.05, 4.69) is 15.7 Å². The summed E-state index contributed by atoms with van der Waals surface area (Å²) < 4.78 is 56.1. The second-order valence-corrected chi connectivity index (χ2v) is 8.56. The van der Waals surface area contributed by atoms with Crippen LogP contribution in [-0.2, 0) is 6.18 Å². The Morgan fingerprint density at radius 3 is 2.40 bits per heavy atom. The van der Waals surface area contributed by atoms with Gasteiger partial charge in [0.05, 0.1) is 11.8 Å². The van der Waals surface area contributed by atoms with Gasteiger partial charge in [-0.25, -0.2) is 9.07 Å². The van der Waals surface area contributed by atoms with E-state index in [0.29, 0.717) is 15.8 Å². The number of carbonyl (C=O) groups is 2. The zero-order chi connectivity index (χ0) is 25.2. The van der Waals surface area contributed by atoms with Crippen molar-refractivity contribution in [3.05, 3.63) is 76.9 Å². The number of hydrogen-bond acceptors (Lipinski definition) is 3. The molecule has 1 heterocycles. The van der Waals surface area contributed by atoms with E-state index in [-0.39, 0.29) is 17.6 Å². The minimum absolute atomic E-state index is 0.128. The summed E-state index contributed by atoms with van der Waals surface area (Å²) in [4.78, 5) is 25.4. The predicted octanol–water partition coefficient (Wildman–Crippen LogP) is 5.65. The molecule has 0 aliphatic heterocycles. The number of rotatable bonds is 5. The van der Waals surface area contributed by atoms with Crippen molar-refractivity contribution in [2.45, 2.75) is 51.2 Å². The molecular formula is C25H24F4N4O2. The highest BCUT2D eigenvalue weighted by Gasteiger charge is 2.41. The van der Waals surface area contributed by atoms with Gasteiger partial charge in [-0.15, -0.1) is 0 Å². The van der Waals surface area contributed by atoms with E-state index >= 15 is 0 Å². The van der Waals surface area contributed by atoms with E-state index in [9.17, 15) is 27.2 Å². The number of nitrogens with zero attached hydrogens (tertiary/aromatic N) is 2. The molecule has 0 saturated heterocycles. The lowest BCUT2D eigenvalue weighted by Gasteiger charge is -2.23. The molecule has 1 aliphatic carbocycles. The van der Waals surface area contributed by atoms with Crippen LogP contribution in [0.5, 0.6) is 0 Å². The average molecular weight is 488 g/mol. The maximum Gasteiger partial charge on any atom is 0.434 e. The third-order valence-electron chi connectivity index (χ3n) is 6.04. The molecule has 1 aromatic heterocycles. The van der Waals surface area contributed by atoms with Crippen LogP contribution in [0.1, 0.15) is 64.1 Å². The standard InChI is InChI=1S/C25H24F4N4O2/c1-15-13-16(23(34)31-17-7-3-2-4-8-17)11-12-20(15)32-24(35)18-14-30-33(22(18)25(27,28)29)21-10-6-5-9-19(21)26/h5-6,9-14,17H,2-4,7-8H2,1H3,(H,31,34)(H,32,35). The SMILES string of the molecule is Cc1cc(C(=O)NC2CCCCC2)ccc1NC(=O)c1cnn(-c2ccccc2F)c1C(F)(F)F. The molecule has 2 N–H and O–H groups in total. The molecule has 2 aromatic carbocycles. The molecule has 0 unspecified atom stereocenters. The molecule has 0 spiro atoms. The summed E-state index contributed by atoms with van der Waals surface area (Å²) in [6.07, 6.45) is 0.954. The van der Waals surface area contributed by atoms with Gasteiger partial charge in [-0.3, -0.25) is 9.59 Å². The summed E-state index contributed by atoms with van der Waals surface area (Å²) in [7, 11) is 0. The second-order valence-electron chi connectivity index (χ2n) is 8.56. The summed E-state index contributed by atoms with van der Waals surface area (Å²) in [6.45, 7) is 1.64. The van der Waals surface area contributed by atoms with Crippen molar-refractivity contribution in [2.75, 3.05) is 5.32 Å². The number of aromatic nitrogens is 2. The van der Waals surface area contributed by atoms with Gasteiger partial charge in [0.25, 0.3) is 11.8 Å². The molecule has 4 rings (SSSR count). The summed E-state index contributed by atoms with van der Waals surface area (Å²) in [5.41, 5.74) is -1.42. The largest absolute Gasteiger partial charge is 0.434 e. The minimum Gasteiger partial charge on any atom is -0.349 e. The van der Waals surface area contributed by atoms with Gasteiger partial charge in [-0.05, 0) is 55.7 Å². The normalized spacial score (nSPS) is 14.5. The third kappa shape index (κ3) is 5.36. The Labute approximate surface area is 199 Å². The molecule has 0 atom stereocenters. The van der Waals surface area contributed by atoms with E-state index in [1.807, 2.05) is 0 Å². The van der Waals surface area contributed by atoms with Crippen LogP contribution in [0.15, 0.2) is 48.7 Å². The van der Waals surface area contributed by atoms with Gasteiger partial charge >= 0.3 is 6.18 Å². The lowest BCUT2D eigenvalue weighted by Crippen LogP contribution is -2.36. The van der Waals surface area contributed by atoms with Gasteiger partial charge in [0.15, 0.2) is 5.69 Å². The number of benzene rings is 2. The molecular weight excluding hydrogens is 464 g/mol. The Bertz CT molecular complexity index is 1250. The highest BCUT2D eigenvalue weighted by Crippen LogP contribution is 2.34. The monoisotopic (exact) mass is 488 g/mol. The van der Waals surface area contributed by atoms with E-state index in [0.717, 1.165) is 50.4 Å². The number of halogens is 4. The first-order valence-corrected chi connectivity index (χ1v) is 11.3. The topological polar surface area (TPSA) is 76.0 Å². The quantitative estimate of drug-likeness (QED) is 0.456. The lowest BCUT2D eigenvalue weighted by atomic mass is 9.95. The minimum atomic E-state index is -4.97. The fourth-order valence-corrected chi connectivity index (χ4v) is 4.24. The Balaban J connectivity index is 1.56. The van der Waals surface area contributed by atoms with Gasteiger partial charge in [-0.1, -0.05) is 31.4 Å². The molecule has 1 aliphatic rings. The summed E-state index contributed by atoms with van der Waals surface area (Å²) >= 11 is 0. The molecule has 3 aromatic rings. The van der Waals surface area contributed by atoms with Crippen molar-refractivity contribution in [1.82, 2.24) is 15.1 Å². The predicted molar refractivity (Wildman–Crippen MR) is 122 cm³/mol. The van der Waals surface area contributed by atoms with E-state index in [4.69, 9.17) is 0 Å². The average Bonchev–Trinajstić information content (AvgIpc) is 3.27. The van der Waals surface area contributed by atoms with Crippen LogP contribution in [0.2, 0.25) is 0 Å². The molecule has 2 amide bonds. The van der Waals surface area contributed by atoms with Gasteiger partial charge in [0.2, 0.25) is 0 Å². The molecule has 10 heteroatoms. The summed E-state index contributed by atoms with van der Waals surface area (Å²) in [5.74, 6) is -2.20. The van der Waals surface area contributed by atoms with Crippen LogP contribution in [-0.4, -0.2) is 27.6 Å². The molecule has 0 bridgehead atoms. The number of anilines is 1. The number of hydrogen-bond donors (Lipinski definition) is 2. The van der Waals surface area contributed by atoms with Crippen molar-refractivity contribution >= 4 is 17.5 Å².